The Morgan fingerprint density at radius 1 is 1.30 bits per heavy atom. The van der Waals surface area contributed by atoms with Crippen molar-refractivity contribution in [3.8, 4) is 0 Å². The molecule has 5 nitrogen and oxygen atoms in total. The van der Waals surface area contributed by atoms with Gasteiger partial charge in [-0.1, -0.05) is 0 Å². The molecule has 20 heavy (non-hydrogen) atoms. The standard InChI is InChI=1S/C15H26N2O3/c1-15(14(19)20)7-2-8-17(10-15)13(18)12-5-3-11(9-16)4-6-12/h11-12H,2-10,16H2,1H3,(H,19,20). The molecule has 1 atom stereocenters. The van der Waals surface area contributed by atoms with Gasteiger partial charge in [0, 0.05) is 19.0 Å². The molecule has 0 bridgehead atoms. The number of aliphatic carboxylic acids is 1. The number of amides is 1. The quantitative estimate of drug-likeness (QED) is 0.821. The van der Waals surface area contributed by atoms with E-state index in [0.29, 0.717) is 32.0 Å². The van der Waals surface area contributed by atoms with E-state index < -0.39 is 11.4 Å². The molecule has 5 heteroatoms. The maximum atomic E-state index is 12.6. The Morgan fingerprint density at radius 2 is 1.95 bits per heavy atom. The summed E-state index contributed by atoms with van der Waals surface area (Å²) >= 11 is 0. The number of nitrogens with two attached hydrogens (primary N) is 1. The van der Waals surface area contributed by atoms with E-state index in [9.17, 15) is 14.7 Å². The maximum absolute atomic E-state index is 12.6. The van der Waals surface area contributed by atoms with Crippen LogP contribution in [0.2, 0.25) is 0 Å². The summed E-state index contributed by atoms with van der Waals surface area (Å²) in [6, 6.07) is 0. The zero-order valence-electron chi connectivity index (χ0n) is 12.3. The zero-order valence-corrected chi connectivity index (χ0v) is 12.3. The van der Waals surface area contributed by atoms with E-state index >= 15 is 0 Å². The minimum atomic E-state index is -0.790. The van der Waals surface area contributed by atoms with Crippen LogP contribution in [0.5, 0.6) is 0 Å². The molecular formula is C15H26N2O3. The normalized spacial score (nSPS) is 34.8. The summed E-state index contributed by atoms with van der Waals surface area (Å²) in [4.78, 5) is 25.7. The molecule has 1 amide bonds. The number of hydrogen-bond acceptors (Lipinski definition) is 3. The van der Waals surface area contributed by atoms with Crippen molar-refractivity contribution in [1.29, 1.82) is 0 Å². The third-order valence-electron chi connectivity index (χ3n) is 5.05. The fourth-order valence-corrected chi connectivity index (χ4v) is 3.51. The van der Waals surface area contributed by atoms with Crippen molar-refractivity contribution < 1.29 is 14.7 Å². The first kappa shape index (κ1) is 15.3. The average Bonchev–Trinajstić information content (AvgIpc) is 2.46. The number of carboxylic acids is 1. The molecular weight excluding hydrogens is 256 g/mol. The van der Waals surface area contributed by atoms with E-state index in [1.165, 1.54) is 0 Å². The minimum Gasteiger partial charge on any atom is -0.481 e. The van der Waals surface area contributed by atoms with Crippen LogP contribution in [-0.4, -0.2) is 41.5 Å². The second kappa shape index (κ2) is 6.12. The predicted octanol–water partition coefficient (Wildman–Crippen LogP) is 1.46. The molecule has 3 N–H and O–H groups in total. The van der Waals surface area contributed by atoms with Gasteiger partial charge < -0.3 is 15.7 Å². The van der Waals surface area contributed by atoms with Crippen LogP contribution in [0.25, 0.3) is 0 Å². The number of carbonyl (C=O) groups excluding carboxylic acids is 1. The molecule has 1 saturated carbocycles. The van der Waals surface area contributed by atoms with Crippen LogP contribution in [-0.2, 0) is 9.59 Å². The highest BCUT2D eigenvalue weighted by Crippen LogP contribution is 2.34. The van der Waals surface area contributed by atoms with Gasteiger partial charge in [-0.15, -0.1) is 0 Å². The van der Waals surface area contributed by atoms with Crippen LogP contribution >= 0.6 is 0 Å². The topological polar surface area (TPSA) is 83.6 Å². The second-order valence-electron chi connectivity index (χ2n) is 6.68. The Hall–Kier alpha value is -1.10. The van der Waals surface area contributed by atoms with E-state index in [-0.39, 0.29) is 11.8 Å². The lowest BCUT2D eigenvalue weighted by Gasteiger charge is -2.40. The third kappa shape index (κ3) is 3.14. The lowest BCUT2D eigenvalue weighted by atomic mass is 9.79. The number of hydrogen-bond donors (Lipinski definition) is 2. The van der Waals surface area contributed by atoms with E-state index in [1.807, 2.05) is 0 Å². The van der Waals surface area contributed by atoms with Crippen LogP contribution in [0, 0.1) is 17.3 Å². The molecule has 2 rings (SSSR count). The Balaban J connectivity index is 1.94. The lowest BCUT2D eigenvalue weighted by Crippen LogP contribution is -2.50. The number of likely N-dealkylation sites (tertiary alicyclic amines) is 1. The summed E-state index contributed by atoms with van der Waals surface area (Å²) in [6.45, 7) is 3.53. The van der Waals surface area contributed by atoms with Gasteiger partial charge in [-0.25, -0.2) is 0 Å². The molecule has 0 radical (unpaired) electrons. The second-order valence-corrected chi connectivity index (χ2v) is 6.68. The van der Waals surface area contributed by atoms with Gasteiger partial charge in [0.2, 0.25) is 5.91 Å². The van der Waals surface area contributed by atoms with E-state index in [1.54, 1.807) is 11.8 Å². The summed E-state index contributed by atoms with van der Waals surface area (Å²) in [6.07, 6.45) is 5.30. The molecule has 1 aliphatic heterocycles. The van der Waals surface area contributed by atoms with Crippen molar-refractivity contribution in [2.75, 3.05) is 19.6 Å². The SMILES string of the molecule is CC1(C(=O)O)CCCN(C(=O)C2CCC(CN)CC2)C1. The monoisotopic (exact) mass is 282 g/mol. The molecule has 1 unspecified atom stereocenters. The van der Waals surface area contributed by atoms with Crippen LogP contribution in [0.4, 0.5) is 0 Å². The Morgan fingerprint density at radius 3 is 2.50 bits per heavy atom. The summed E-state index contributed by atoms with van der Waals surface area (Å²) < 4.78 is 0. The highest BCUT2D eigenvalue weighted by Gasteiger charge is 2.41. The number of rotatable bonds is 3. The van der Waals surface area contributed by atoms with Crippen molar-refractivity contribution >= 4 is 11.9 Å². The van der Waals surface area contributed by atoms with Crippen molar-refractivity contribution in [2.45, 2.75) is 45.4 Å². The predicted molar refractivity (Wildman–Crippen MR) is 76.1 cm³/mol. The third-order valence-corrected chi connectivity index (χ3v) is 5.05. The highest BCUT2D eigenvalue weighted by atomic mass is 16.4. The Kier molecular flexibility index (Phi) is 4.68. The largest absolute Gasteiger partial charge is 0.481 e. The molecule has 0 aromatic rings. The number of carbonyl (C=O) groups is 2. The smallest absolute Gasteiger partial charge is 0.311 e. The summed E-state index contributed by atoms with van der Waals surface area (Å²) in [5, 5.41) is 9.32. The lowest BCUT2D eigenvalue weighted by molar-refractivity contribution is -0.154. The molecule has 2 aliphatic rings. The van der Waals surface area contributed by atoms with Gasteiger partial charge in [0.15, 0.2) is 0 Å². The van der Waals surface area contributed by atoms with Crippen molar-refractivity contribution in [3.05, 3.63) is 0 Å². The summed E-state index contributed by atoms with van der Waals surface area (Å²) in [5.41, 5.74) is 4.90. The van der Waals surface area contributed by atoms with Crippen LogP contribution in [0.3, 0.4) is 0 Å². The van der Waals surface area contributed by atoms with Crippen LogP contribution in [0.1, 0.15) is 45.4 Å². The Bertz CT molecular complexity index is 377. The molecule has 114 valence electrons. The van der Waals surface area contributed by atoms with Crippen molar-refractivity contribution in [2.24, 2.45) is 23.0 Å². The van der Waals surface area contributed by atoms with E-state index in [4.69, 9.17) is 5.73 Å². The van der Waals surface area contributed by atoms with Crippen molar-refractivity contribution in [3.63, 3.8) is 0 Å². The molecule has 0 spiro atoms. The van der Waals surface area contributed by atoms with Crippen LogP contribution in [0.15, 0.2) is 0 Å². The molecule has 1 saturated heterocycles. The maximum Gasteiger partial charge on any atom is 0.311 e. The fraction of sp³-hybridized carbons (Fsp3) is 0.867. The van der Waals surface area contributed by atoms with Gasteiger partial charge >= 0.3 is 5.97 Å². The van der Waals surface area contributed by atoms with Gasteiger partial charge in [0.25, 0.3) is 0 Å². The zero-order chi connectivity index (χ0) is 14.8. The summed E-state index contributed by atoms with van der Waals surface area (Å²) in [7, 11) is 0. The highest BCUT2D eigenvalue weighted by molar-refractivity contribution is 5.81. The number of carboxylic acid groups (broad SMARTS) is 1. The number of piperidine rings is 1. The van der Waals surface area contributed by atoms with E-state index in [0.717, 1.165) is 32.1 Å². The van der Waals surface area contributed by atoms with Gasteiger partial charge in [-0.3, -0.25) is 9.59 Å². The summed E-state index contributed by atoms with van der Waals surface area (Å²) in [5.74, 6) is 0.00752. The fourth-order valence-electron chi connectivity index (χ4n) is 3.51. The first-order chi connectivity index (χ1) is 9.46. The average molecular weight is 282 g/mol. The Labute approximate surface area is 120 Å². The molecule has 0 aromatic carbocycles. The van der Waals surface area contributed by atoms with Gasteiger partial charge in [0.1, 0.15) is 0 Å². The molecule has 1 aliphatic carbocycles. The van der Waals surface area contributed by atoms with E-state index in [2.05, 4.69) is 0 Å². The van der Waals surface area contributed by atoms with Gasteiger partial charge in [-0.05, 0) is 57.9 Å². The van der Waals surface area contributed by atoms with Gasteiger partial charge in [-0.2, -0.15) is 0 Å². The molecule has 2 fully saturated rings. The van der Waals surface area contributed by atoms with Crippen molar-refractivity contribution in [1.82, 2.24) is 4.90 Å². The first-order valence-corrected chi connectivity index (χ1v) is 7.68. The molecule has 0 aromatic heterocycles. The molecule has 1 heterocycles. The van der Waals surface area contributed by atoms with Gasteiger partial charge in [0.05, 0.1) is 5.41 Å². The first-order valence-electron chi connectivity index (χ1n) is 7.68. The van der Waals surface area contributed by atoms with Crippen LogP contribution < -0.4 is 5.73 Å². The minimum absolute atomic E-state index is 0.0777. The number of nitrogens with zero attached hydrogens (tertiary/aromatic N) is 1.